The minimum absolute atomic E-state index is 0.468. The molecular formula is C10H10Cl3NO. The van der Waals surface area contributed by atoms with Crippen molar-refractivity contribution in [1.82, 2.24) is 0 Å². The molecule has 0 spiro atoms. The third-order valence-corrected chi connectivity index (χ3v) is 2.66. The molecule has 0 bridgehead atoms. The van der Waals surface area contributed by atoms with Crippen molar-refractivity contribution in [3.8, 4) is 5.75 Å². The van der Waals surface area contributed by atoms with Gasteiger partial charge < -0.3 is 10.1 Å². The standard InChI is InChI=1S/C10H10Cl3NO/c1-15-10-4-8(2-3-9(10)13)14-6-7(12)5-11/h2-5,14H,6H2,1H3/b7-5-. The van der Waals surface area contributed by atoms with Gasteiger partial charge in [0.1, 0.15) is 5.75 Å². The fourth-order valence-electron chi connectivity index (χ4n) is 0.995. The summed E-state index contributed by atoms with van der Waals surface area (Å²) in [5.74, 6) is 0.618. The van der Waals surface area contributed by atoms with Gasteiger partial charge in [-0.25, -0.2) is 0 Å². The van der Waals surface area contributed by atoms with Gasteiger partial charge in [0.25, 0.3) is 0 Å². The van der Waals surface area contributed by atoms with E-state index in [0.29, 0.717) is 22.3 Å². The topological polar surface area (TPSA) is 21.3 Å². The maximum Gasteiger partial charge on any atom is 0.139 e. The van der Waals surface area contributed by atoms with Crippen LogP contribution in [-0.4, -0.2) is 13.7 Å². The van der Waals surface area contributed by atoms with Gasteiger partial charge in [-0.1, -0.05) is 34.8 Å². The molecule has 0 radical (unpaired) electrons. The number of nitrogens with one attached hydrogen (secondary N) is 1. The van der Waals surface area contributed by atoms with Gasteiger partial charge in [-0.3, -0.25) is 0 Å². The van der Waals surface area contributed by atoms with Crippen LogP contribution < -0.4 is 10.1 Å². The Hall–Kier alpha value is -0.570. The summed E-state index contributed by atoms with van der Waals surface area (Å²) in [6.45, 7) is 0.468. The summed E-state index contributed by atoms with van der Waals surface area (Å²) in [4.78, 5) is 0. The summed E-state index contributed by atoms with van der Waals surface area (Å²) in [7, 11) is 1.57. The molecule has 0 saturated heterocycles. The first-order valence-corrected chi connectivity index (χ1v) is 5.38. The summed E-state index contributed by atoms with van der Waals surface area (Å²) in [5, 5.41) is 4.18. The Morgan fingerprint density at radius 3 is 2.87 bits per heavy atom. The molecule has 0 aliphatic carbocycles. The average molecular weight is 267 g/mol. The highest BCUT2D eigenvalue weighted by Gasteiger charge is 2.01. The molecule has 1 N–H and O–H groups in total. The van der Waals surface area contributed by atoms with E-state index in [1.807, 2.05) is 6.07 Å². The van der Waals surface area contributed by atoms with Crippen molar-refractivity contribution in [1.29, 1.82) is 0 Å². The molecule has 5 heteroatoms. The van der Waals surface area contributed by atoms with Crippen molar-refractivity contribution in [3.05, 3.63) is 33.8 Å². The van der Waals surface area contributed by atoms with Crippen LogP contribution in [0.2, 0.25) is 5.02 Å². The van der Waals surface area contributed by atoms with Crippen LogP contribution in [-0.2, 0) is 0 Å². The normalized spacial score (nSPS) is 11.3. The molecule has 1 aromatic rings. The van der Waals surface area contributed by atoms with Crippen LogP contribution in [0.5, 0.6) is 5.75 Å². The molecule has 0 fully saturated rings. The van der Waals surface area contributed by atoms with Gasteiger partial charge in [0.05, 0.1) is 18.7 Å². The van der Waals surface area contributed by atoms with E-state index in [1.54, 1.807) is 19.2 Å². The SMILES string of the molecule is COc1cc(NC/C(Cl)=C/Cl)ccc1Cl. The minimum atomic E-state index is 0.468. The molecule has 1 rings (SSSR count). The molecule has 0 amide bonds. The number of hydrogen-bond acceptors (Lipinski definition) is 2. The number of halogens is 3. The predicted molar refractivity (Wildman–Crippen MR) is 66.3 cm³/mol. The van der Waals surface area contributed by atoms with E-state index in [-0.39, 0.29) is 0 Å². The lowest BCUT2D eigenvalue weighted by molar-refractivity contribution is 0.415. The largest absolute Gasteiger partial charge is 0.495 e. The molecule has 0 aromatic heterocycles. The fourth-order valence-corrected chi connectivity index (χ4v) is 1.33. The molecule has 0 atom stereocenters. The van der Waals surface area contributed by atoms with Gasteiger partial charge in [0.2, 0.25) is 0 Å². The van der Waals surface area contributed by atoms with Crippen LogP contribution in [0.1, 0.15) is 0 Å². The number of ether oxygens (including phenoxy) is 1. The first kappa shape index (κ1) is 12.5. The predicted octanol–water partition coefficient (Wildman–Crippen LogP) is 4.08. The van der Waals surface area contributed by atoms with E-state index in [2.05, 4.69) is 5.32 Å². The molecule has 2 nitrogen and oxygen atoms in total. The van der Waals surface area contributed by atoms with Gasteiger partial charge in [-0.15, -0.1) is 0 Å². The van der Waals surface area contributed by atoms with E-state index < -0.39 is 0 Å². The van der Waals surface area contributed by atoms with Gasteiger partial charge in [-0.05, 0) is 12.1 Å². The highest BCUT2D eigenvalue weighted by molar-refractivity contribution is 6.36. The number of hydrogen-bond donors (Lipinski definition) is 1. The summed E-state index contributed by atoms with van der Waals surface area (Å²) in [6.07, 6.45) is 0. The number of benzene rings is 1. The maximum atomic E-state index is 5.87. The van der Waals surface area contributed by atoms with Crippen LogP contribution in [0.15, 0.2) is 28.8 Å². The second-order valence-electron chi connectivity index (χ2n) is 2.76. The lowest BCUT2D eigenvalue weighted by Crippen LogP contribution is -2.01. The van der Waals surface area contributed by atoms with Gasteiger partial charge in [0, 0.05) is 22.3 Å². The van der Waals surface area contributed by atoms with Crippen LogP contribution in [0, 0.1) is 0 Å². The Balaban J connectivity index is 2.70. The minimum Gasteiger partial charge on any atom is -0.495 e. The van der Waals surface area contributed by atoms with Gasteiger partial charge >= 0.3 is 0 Å². The van der Waals surface area contributed by atoms with Crippen LogP contribution in [0.4, 0.5) is 5.69 Å². The molecule has 0 saturated carbocycles. The molecule has 0 aliphatic rings. The lowest BCUT2D eigenvalue weighted by Gasteiger charge is -2.08. The number of methoxy groups -OCH3 is 1. The summed E-state index contributed by atoms with van der Waals surface area (Å²) >= 11 is 17.0. The van der Waals surface area contributed by atoms with Crippen LogP contribution in [0.25, 0.3) is 0 Å². The second-order valence-corrected chi connectivity index (χ2v) is 3.87. The zero-order valence-electron chi connectivity index (χ0n) is 8.06. The summed E-state index contributed by atoms with van der Waals surface area (Å²) in [5.41, 5.74) is 2.19. The maximum absolute atomic E-state index is 5.87. The third kappa shape index (κ3) is 3.82. The molecular weight excluding hydrogens is 256 g/mol. The van der Waals surface area contributed by atoms with Gasteiger partial charge in [-0.2, -0.15) is 0 Å². The Morgan fingerprint density at radius 2 is 2.27 bits per heavy atom. The summed E-state index contributed by atoms with van der Waals surface area (Å²) < 4.78 is 5.07. The third-order valence-electron chi connectivity index (χ3n) is 1.73. The zero-order valence-corrected chi connectivity index (χ0v) is 10.3. The first-order chi connectivity index (χ1) is 7.17. The van der Waals surface area contributed by atoms with E-state index >= 15 is 0 Å². The van der Waals surface area contributed by atoms with Crippen molar-refractivity contribution in [2.45, 2.75) is 0 Å². The Bertz CT molecular complexity index is 366. The number of anilines is 1. The van der Waals surface area contributed by atoms with Crippen molar-refractivity contribution in [2.75, 3.05) is 19.0 Å². The monoisotopic (exact) mass is 265 g/mol. The summed E-state index contributed by atoms with van der Waals surface area (Å²) in [6, 6.07) is 5.38. The number of rotatable bonds is 4. The molecule has 0 unspecified atom stereocenters. The van der Waals surface area contributed by atoms with Crippen LogP contribution in [0.3, 0.4) is 0 Å². The highest BCUT2D eigenvalue weighted by atomic mass is 35.5. The van der Waals surface area contributed by atoms with Crippen LogP contribution >= 0.6 is 34.8 Å². The quantitative estimate of drug-likeness (QED) is 0.886. The van der Waals surface area contributed by atoms with Gasteiger partial charge in [0.15, 0.2) is 0 Å². The second kappa shape index (κ2) is 6.11. The van der Waals surface area contributed by atoms with Crippen molar-refractivity contribution < 1.29 is 4.74 Å². The Kier molecular flexibility index (Phi) is 5.09. The molecule has 15 heavy (non-hydrogen) atoms. The zero-order chi connectivity index (χ0) is 11.3. The first-order valence-electron chi connectivity index (χ1n) is 4.19. The fraction of sp³-hybridized carbons (Fsp3) is 0.200. The van der Waals surface area contributed by atoms with E-state index in [0.717, 1.165) is 5.69 Å². The smallest absolute Gasteiger partial charge is 0.139 e. The molecule has 0 heterocycles. The lowest BCUT2D eigenvalue weighted by atomic mass is 10.3. The van der Waals surface area contributed by atoms with Crippen molar-refractivity contribution in [2.24, 2.45) is 0 Å². The highest BCUT2D eigenvalue weighted by Crippen LogP contribution is 2.27. The van der Waals surface area contributed by atoms with E-state index in [1.165, 1.54) is 5.54 Å². The molecule has 1 aromatic carbocycles. The van der Waals surface area contributed by atoms with E-state index in [4.69, 9.17) is 39.5 Å². The molecule has 0 aliphatic heterocycles. The molecule has 82 valence electrons. The Labute approximate surface area is 104 Å². The van der Waals surface area contributed by atoms with Crippen molar-refractivity contribution >= 4 is 40.5 Å². The Morgan fingerprint density at radius 1 is 1.53 bits per heavy atom. The average Bonchev–Trinajstić information content (AvgIpc) is 2.27. The van der Waals surface area contributed by atoms with E-state index in [9.17, 15) is 0 Å². The van der Waals surface area contributed by atoms with Crippen molar-refractivity contribution in [3.63, 3.8) is 0 Å².